The summed E-state index contributed by atoms with van der Waals surface area (Å²) in [4.78, 5) is 22.0. The van der Waals surface area contributed by atoms with Crippen molar-refractivity contribution in [1.82, 2.24) is 0 Å². The Kier molecular flexibility index (Phi) is 3.07. The van der Waals surface area contributed by atoms with Crippen LogP contribution in [0.3, 0.4) is 0 Å². The average molecular weight is 295 g/mol. The summed E-state index contributed by atoms with van der Waals surface area (Å²) in [6, 6.07) is 0. The molecule has 2 saturated heterocycles. The highest BCUT2D eigenvalue weighted by Crippen LogP contribution is 2.34. The van der Waals surface area contributed by atoms with Crippen LogP contribution < -0.4 is 0 Å². The largest absolute Gasteiger partial charge is 0.509 e. The highest BCUT2D eigenvalue weighted by Gasteiger charge is 2.53. The molecule has 0 radical (unpaired) electrons. The van der Waals surface area contributed by atoms with E-state index in [1.807, 2.05) is 0 Å². The fraction of sp³-hybridized carbons (Fsp3) is 0.778. The molecule has 90 valence electrons. The lowest BCUT2D eigenvalue weighted by Gasteiger charge is -2.36. The van der Waals surface area contributed by atoms with Crippen LogP contribution in [0.1, 0.15) is 13.8 Å². The summed E-state index contributed by atoms with van der Waals surface area (Å²) in [5.74, 6) is -0.449. The summed E-state index contributed by atoms with van der Waals surface area (Å²) in [5, 5.41) is -0.453. The third-order valence-corrected chi connectivity index (χ3v) is 3.22. The molecular weight excluding hydrogens is 284 g/mol. The number of carbonyl (C=O) groups excluding carboxylic acids is 2. The van der Waals surface area contributed by atoms with Crippen molar-refractivity contribution in [3.63, 3.8) is 0 Å². The molecule has 16 heavy (non-hydrogen) atoms. The van der Waals surface area contributed by atoms with Crippen molar-refractivity contribution in [2.24, 2.45) is 0 Å². The van der Waals surface area contributed by atoms with Crippen LogP contribution in [0.4, 0.5) is 4.79 Å². The number of hydrogen-bond acceptors (Lipinski definition) is 6. The van der Waals surface area contributed by atoms with Crippen molar-refractivity contribution < 1.29 is 28.5 Å². The van der Waals surface area contributed by atoms with E-state index in [4.69, 9.17) is 18.9 Å². The number of fused-ring (bicyclic) bond motifs is 1. The van der Waals surface area contributed by atoms with Gasteiger partial charge >= 0.3 is 12.1 Å². The monoisotopic (exact) mass is 294 g/mol. The van der Waals surface area contributed by atoms with E-state index in [1.54, 1.807) is 6.92 Å². The summed E-state index contributed by atoms with van der Waals surface area (Å²) in [7, 11) is 0. The fourth-order valence-electron chi connectivity index (χ4n) is 1.82. The molecular formula is C9H11BrO6. The van der Waals surface area contributed by atoms with Crippen LogP contribution in [-0.4, -0.2) is 41.6 Å². The van der Waals surface area contributed by atoms with Crippen LogP contribution in [0, 0.1) is 0 Å². The first kappa shape index (κ1) is 11.7. The Morgan fingerprint density at radius 2 is 2.00 bits per heavy atom. The molecule has 0 aliphatic carbocycles. The maximum Gasteiger partial charge on any atom is 0.509 e. The molecule has 0 saturated carbocycles. The van der Waals surface area contributed by atoms with Crippen LogP contribution in [0.5, 0.6) is 0 Å². The number of esters is 1. The van der Waals surface area contributed by atoms with Crippen LogP contribution in [0.2, 0.25) is 0 Å². The predicted molar refractivity (Wildman–Crippen MR) is 54.0 cm³/mol. The first-order valence-electron chi connectivity index (χ1n) is 4.83. The van der Waals surface area contributed by atoms with E-state index >= 15 is 0 Å². The number of alkyl halides is 1. The predicted octanol–water partition coefficient (Wildman–Crippen LogP) is 0.962. The Bertz CT molecular complexity index is 319. The van der Waals surface area contributed by atoms with E-state index in [9.17, 15) is 9.59 Å². The normalized spacial score (nSPS) is 41.9. The van der Waals surface area contributed by atoms with Gasteiger partial charge in [-0.2, -0.15) is 0 Å². The first-order valence-corrected chi connectivity index (χ1v) is 5.74. The van der Waals surface area contributed by atoms with E-state index in [-0.39, 0.29) is 6.10 Å². The van der Waals surface area contributed by atoms with Gasteiger partial charge in [0.2, 0.25) is 0 Å². The zero-order chi connectivity index (χ0) is 11.9. The Balaban J connectivity index is 2.17. The van der Waals surface area contributed by atoms with Gasteiger partial charge < -0.3 is 18.9 Å². The van der Waals surface area contributed by atoms with Crippen LogP contribution in [0.25, 0.3) is 0 Å². The summed E-state index contributed by atoms with van der Waals surface area (Å²) < 4.78 is 20.4. The molecule has 2 aliphatic heterocycles. The van der Waals surface area contributed by atoms with E-state index < -0.39 is 35.4 Å². The Labute approximate surface area is 100 Å². The van der Waals surface area contributed by atoms with Gasteiger partial charge in [0.05, 0.1) is 6.10 Å². The van der Waals surface area contributed by atoms with Gasteiger partial charge in [0, 0.05) is 6.92 Å². The summed E-state index contributed by atoms with van der Waals surface area (Å²) in [6.45, 7) is 3.03. The molecule has 0 aromatic heterocycles. The minimum absolute atomic E-state index is 0.371. The second-order valence-corrected chi connectivity index (χ2v) is 4.58. The SMILES string of the molecule is CC(=O)OC1C(C)OC(Br)C2OC(=O)OC12. The fourth-order valence-corrected chi connectivity index (χ4v) is 2.57. The van der Waals surface area contributed by atoms with Crippen LogP contribution in [-0.2, 0) is 23.7 Å². The van der Waals surface area contributed by atoms with Crippen molar-refractivity contribution in [3.8, 4) is 0 Å². The maximum absolute atomic E-state index is 11.0. The van der Waals surface area contributed by atoms with Gasteiger partial charge in [0.1, 0.15) is 0 Å². The lowest BCUT2D eigenvalue weighted by molar-refractivity contribution is -0.185. The number of hydrogen-bond donors (Lipinski definition) is 0. The second-order valence-electron chi connectivity index (χ2n) is 3.68. The van der Waals surface area contributed by atoms with Gasteiger partial charge in [0.15, 0.2) is 23.3 Å². The van der Waals surface area contributed by atoms with Gasteiger partial charge in [-0.1, -0.05) is 15.9 Å². The number of halogens is 1. The minimum atomic E-state index is -0.769. The molecule has 6 nitrogen and oxygen atoms in total. The zero-order valence-electron chi connectivity index (χ0n) is 8.71. The molecule has 0 amide bonds. The van der Waals surface area contributed by atoms with Crippen molar-refractivity contribution in [1.29, 1.82) is 0 Å². The molecule has 2 heterocycles. The molecule has 0 aromatic rings. The number of rotatable bonds is 1. The number of ether oxygens (including phenoxy) is 4. The van der Waals surface area contributed by atoms with Crippen molar-refractivity contribution in [3.05, 3.63) is 0 Å². The van der Waals surface area contributed by atoms with Gasteiger partial charge in [-0.3, -0.25) is 4.79 Å². The molecule has 0 spiro atoms. The zero-order valence-corrected chi connectivity index (χ0v) is 10.3. The van der Waals surface area contributed by atoms with Crippen molar-refractivity contribution in [2.45, 2.75) is 43.3 Å². The molecule has 2 aliphatic rings. The van der Waals surface area contributed by atoms with E-state index in [0.29, 0.717) is 0 Å². The van der Waals surface area contributed by atoms with Gasteiger partial charge in [0.25, 0.3) is 0 Å². The van der Waals surface area contributed by atoms with Gasteiger partial charge in [-0.05, 0) is 6.92 Å². The third kappa shape index (κ3) is 2.01. The summed E-state index contributed by atoms with van der Waals surface area (Å²) in [5.41, 5.74) is 0. The summed E-state index contributed by atoms with van der Waals surface area (Å²) >= 11 is 3.24. The second kappa shape index (κ2) is 4.21. The highest BCUT2D eigenvalue weighted by atomic mass is 79.9. The van der Waals surface area contributed by atoms with Crippen LogP contribution in [0.15, 0.2) is 0 Å². The average Bonchev–Trinajstić information content (AvgIpc) is 2.54. The molecule has 0 N–H and O–H groups in total. The summed E-state index contributed by atoms with van der Waals surface area (Å²) in [6.07, 6.45) is -2.99. The van der Waals surface area contributed by atoms with E-state index in [1.165, 1.54) is 6.92 Å². The highest BCUT2D eigenvalue weighted by molar-refractivity contribution is 9.09. The number of carbonyl (C=O) groups is 2. The Morgan fingerprint density at radius 3 is 2.62 bits per heavy atom. The van der Waals surface area contributed by atoms with Crippen LogP contribution >= 0.6 is 15.9 Å². The smallest absolute Gasteiger partial charge is 0.456 e. The van der Waals surface area contributed by atoms with Gasteiger partial charge in [-0.15, -0.1) is 0 Å². The molecule has 0 bridgehead atoms. The third-order valence-electron chi connectivity index (χ3n) is 2.48. The van der Waals surface area contributed by atoms with E-state index in [0.717, 1.165) is 0 Å². The molecule has 2 fully saturated rings. The lowest BCUT2D eigenvalue weighted by Crippen LogP contribution is -2.54. The van der Waals surface area contributed by atoms with E-state index in [2.05, 4.69) is 15.9 Å². The van der Waals surface area contributed by atoms with Crippen molar-refractivity contribution in [2.75, 3.05) is 0 Å². The molecule has 5 unspecified atom stereocenters. The van der Waals surface area contributed by atoms with Gasteiger partial charge in [-0.25, -0.2) is 4.79 Å². The lowest BCUT2D eigenvalue weighted by atomic mass is 10.0. The standard InChI is InChI=1S/C9H11BrO6/c1-3-5(14-4(2)11)6-7(8(10)13-3)16-9(12)15-6/h3,5-8H,1-2H3. The molecule has 0 aromatic carbocycles. The topological polar surface area (TPSA) is 71.1 Å². The first-order chi connectivity index (χ1) is 7.49. The molecule has 5 atom stereocenters. The Hall–Kier alpha value is -0.820. The van der Waals surface area contributed by atoms with Crippen molar-refractivity contribution >= 4 is 28.1 Å². The molecule has 7 heteroatoms. The minimum Gasteiger partial charge on any atom is -0.456 e. The quantitative estimate of drug-likeness (QED) is 0.530. The molecule has 2 rings (SSSR count). The maximum atomic E-state index is 11.0. The Morgan fingerprint density at radius 1 is 1.38 bits per heavy atom.